The van der Waals surface area contributed by atoms with Gasteiger partial charge in [0.2, 0.25) is 0 Å². The molecule has 0 aliphatic carbocycles. The monoisotopic (exact) mass is 423 g/mol. The predicted octanol–water partition coefficient (Wildman–Crippen LogP) is 3.96. The van der Waals surface area contributed by atoms with Crippen molar-refractivity contribution in [2.24, 2.45) is 0 Å². The Morgan fingerprint density at radius 2 is 1.94 bits per heavy atom. The zero-order valence-electron chi connectivity index (χ0n) is 18.2. The molecule has 0 bridgehead atoms. The highest BCUT2D eigenvalue weighted by atomic mass is 19.1. The van der Waals surface area contributed by atoms with Crippen LogP contribution in [0.5, 0.6) is 5.75 Å². The van der Waals surface area contributed by atoms with Crippen molar-refractivity contribution < 1.29 is 23.3 Å². The Kier molecular flexibility index (Phi) is 7.13. The molecule has 0 aromatic heterocycles. The van der Waals surface area contributed by atoms with E-state index in [1.54, 1.807) is 41.8 Å². The number of hydrogen-bond donors (Lipinski definition) is 0. The Bertz CT molecular complexity index is 1030. The molecule has 0 spiro atoms. The van der Waals surface area contributed by atoms with Crippen LogP contribution in [0.4, 0.5) is 4.39 Å². The molecule has 0 saturated heterocycles. The molecule has 0 radical (unpaired) electrons. The van der Waals surface area contributed by atoms with E-state index in [0.717, 1.165) is 11.3 Å². The van der Waals surface area contributed by atoms with Crippen LogP contribution in [0.1, 0.15) is 41.4 Å². The molecule has 1 aliphatic rings. The molecule has 1 amide bonds. The quantitative estimate of drug-likeness (QED) is 0.384. The van der Waals surface area contributed by atoms with Crippen LogP contribution in [0.25, 0.3) is 0 Å². The molecule has 31 heavy (non-hydrogen) atoms. The second kappa shape index (κ2) is 9.79. The van der Waals surface area contributed by atoms with Crippen LogP contribution in [0.3, 0.4) is 0 Å². The summed E-state index contributed by atoms with van der Waals surface area (Å²) in [5.74, 6) is 0.220. The van der Waals surface area contributed by atoms with Gasteiger partial charge in [-0.2, -0.15) is 4.58 Å². The Hall–Kier alpha value is -3.12. The van der Waals surface area contributed by atoms with E-state index in [1.165, 1.54) is 19.1 Å². The summed E-state index contributed by atoms with van der Waals surface area (Å²) in [4.78, 5) is 25.7. The lowest BCUT2D eigenvalue weighted by molar-refractivity contribution is -0.451. The van der Waals surface area contributed by atoms with Gasteiger partial charge in [-0.15, -0.1) is 0 Å². The van der Waals surface area contributed by atoms with E-state index in [4.69, 9.17) is 4.74 Å². The highest BCUT2D eigenvalue weighted by Crippen LogP contribution is 2.25. The minimum absolute atomic E-state index is 0.0124. The number of Topliss-reactive ketones (excluding diaryl/α,β-unsaturated/α-hetero) is 1. The van der Waals surface area contributed by atoms with Crippen molar-refractivity contribution in [3.8, 4) is 5.75 Å². The Balaban J connectivity index is 1.83. The van der Waals surface area contributed by atoms with Crippen LogP contribution in [-0.4, -0.2) is 53.1 Å². The second-order valence-electron chi connectivity index (χ2n) is 7.86. The summed E-state index contributed by atoms with van der Waals surface area (Å²) >= 11 is 0. The van der Waals surface area contributed by atoms with Crippen molar-refractivity contribution in [2.45, 2.75) is 26.9 Å². The van der Waals surface area contributed by atoms with Crippen molar-refractivity contribution >= 4 is 17.4 Å². The average Bonchev–Trinajstić information content (AvgIpc) is 2.75. The van der Waals surface area contributed by atoms with E-state index in [2.05, 4.69) is 11.5 Å². The number of carbonyl (C=O) groups excluding carboxylic acids is 2. The molecule has 1 aliphatic heterocycles. The topological polar surface area (TPSA) is 49.6 Å². The van der Waals surface area contributed by atoms with Crippen molar-refractivity contribution in [1.29, 1.82) is 0 Å². The van der Waals surface area contributed by atoms with Gasteiger partial charge in [0.1, 0.15) is 17.7 Å². The third-order valence-electron chi connectivity index (χ3n) is 5.52. The van der Waals surface area contributed by atoms with Crippen molar-refractivity contribution in [2.75, 3.05) is 26.2 Å². The van der Waals surface area contributed by atoms with Gasteiger partial charge in [0.05, 0.1) is 13.1 Å². The largest absolute Gasteiger partial charge is 0.484 e. The maximum absolute atomic E-state index is 14.3. The number of benzene rings is 2. The molecule has 0 unspecified atom stereocenters. The summed E-state index contributed by atoms with van der Waals surface area (Å²) in [6.07, 6.45) is 0.915. The van der Waals surface area contributed by atoms with E-state index in [9.17, 15) is 14.0 Å². The summed E-state index contributed by atoms with van der Waals surface area (Å²) in [5, 5.41) is 0. The van der Waals surface area contributed by atoms with Crippen LogP contribution in [0.2, 0.25) is 0 Å². The van der Waals surface area contributed by atoms with Crippen molar-refractivity contribution in [3.63, 3.8) is 0 Å². The predicted molar refractivity (Wildman–Crippen MR) is 118 cm³/mol. The van der Waals surface area contributed by atoms with Gasteiger partial charge in [-0.25, -0.2) is 9.18 Å². The van der Waals surface area contributed by atoms with Crippen LogP contribution in [0, 0.1) is 12.7 Å². The maximum atomic E-state index is 14.3. The van der Waals surface area contributed by atoms with Gasteiger partial charge in [0, 0.05) is 25.1 Å². The third kappa shape index (κ3) is 5.52. The number of rotatable bonds is 7. The fourth-order valence-electron chi connectivity index (χ4n) is 3.67. The number of nitrogens with zero attached hydrogens (tertiary/aromatic N) is 2. The summed E-state index contributed by atoms with van der Waals surface area (Å²) in [6, 6.07) is 12.1. The lowest BCUT2D eigenvalue weighted by Gasteiger charge is -2.29. The van der Waals surface area contributed by atoms with E-state index < -0.39 is 6.10 Å². The van der Waals surface area contributed by atoms with E-state index in [0.29, 0.717) is 43.1 Å². The first-order valence-electron chi connectivity index (χ1n) is 10.3. The van der Waals surface area contributed by atoms with Gasteiger partial charge in [-0.1, -0.05) is 18.7 Å². The average molecular weight is 424 g/mol. The van der Waals surface area contributed by atoms with E-state index in [1.807, 2.05) is 13.0 Å². The highest BCUT2D eigenvalue weighted by Gasteiger charge is 2.29. The lowest BCUT2D eigenvalue weighted by Crippen LogP contribution is -2.47. The first kappa shape index (κ1) is 22.6. The summed E-state index contributed by atoms with van der Waals surface area (Å²) in [6.45, 7) is 11.1. The van der Waals surface area contributed by atoms with Crippen LogP contribution >= 0.6 is 0 Å². The smallest absolute Gasteiger partial charge is 0.411 e. The molecular weight excluding hydrogens is 395 g/mol. The highest BCUT2D eigenvalue weighted by molar-refractivity contribution is 5.94. The normalized spacial score (nSPS) is 15.5. The first-order chi connectivity index (χ1) is 14.8. The first-order valence-corrected chi connectivity index (χ1v) is 10.3. The summed E-state index contributed by atoms with van der Waals surface area (Å²) in [7, 11) is 0. The number of aryl methyl sites for hydroxylation is 1. The van der Waals surface area contributed by atoms with Crippen LogP contribution in [0.15, 0.2) is 55.1 Å². The number of carbonyl (C=O) groups is 2. The van der Waals surface area contributed by atoms with E-state index in [-0.39, 0.29) is 17.5 Å². The fraction of sp³-hybridized carbons (Fsp3) is 0.320. The number of amides is 1. The molecule has 2 aromatic carbocycles. The van der Waals surface area contributed by atoms with Crippen molar-refractivity contribution in [1.82, 2.24) is 4.90 Å². The van der Waals surface area contributed by atoms with Gasteiger partial charge in [-0.3, -0.25) is 9.69 Å². The van der Waals surface area contributed by atoms with Crippen LogP contribution < -0.4 is 4.74 Å². The van der Waals surface area contributed by atoms with Gasteiger partial charge in [0.15, 0.2) is 18.0 Å². The molecule has 3 rings (SSSR count). The molecule has 5 nitrogen and oxygen atoms in total. The van der Waals surface area contributed by atoms with Crippen molar-refractivity contribution in [3.05, 3.63) is 77.6 Å². The number of hydrogen-bond acceptors (Lipinski definition) is 4. The van der Waals surface area contributed by atoms with Gasteiger partial charge in [-0.05, 0) is 55.3 Å². The Labute approximate surface area is 182 Å². The minimum atomic E-state index is -0.410. The molecule has 0 fully saturated rings. The Morgan fingerprint density at radius 1 is 1.23 bits per heavy atom. The molecule has 0 saturated carbocycles. The summed E-state index contributed by atoms with van der Waals surface area (Å²) in [5.41, 5.74) is 2.87. The Morgan fingerprint density at radius 3 is 2.52 bits per heavy atom. The lowest BCUT2D eigenvalue weighted by atomic mass is 10.1. The zero-order valence-corrected chi connectivity index (χ0v) is 18.2. The van der Waals surface area contributed by atoms with Gasteiger partial charge in [0.25, 0.3) is 0 Å². The maximum Gasteiger partial charge on any atom is 0.411 e. The molecule has 6 heteroatoms. The molecule has 0 N–H and O–H groups in total. The third-order valence-corrected chi connectivity index (χ3v) is 5.52. The minimum Gasteiger partial charge on any atom is -0.484 e. The molecule has 1 atom stereocenters. The van der Waals surface area contributed by atoms with E-state index >= 15 is 0 Å². The molecular formula is C25H28FN2O3+. The fourth-order valence-corrected chi connectivity index (χ4v) is 3.67. The summed E-state index contributed by atoms with van der Waals surface area (Å²) < 4.78 is 22.2. The molecule has 2 aromatic rings. The zero-order chi connectivity index (χ0) is 22.5. The number of ketones is 1. The molecule has 1 heterocycles. The SMILES string of the molecule is C=CC(=O)[N+]1=C(C)CN(C[C@H](Oc2ccc(C(C)=O)cc2)c2ccc(C)c(F)c2)CC1. The van der Waals surface area contributed by atoms with Gasteiger partial charge < -0.3 is 4.74 Å². The number of ether oxygens (including phenoxy) is 1. The number of halogens is 1. The van der Waals surface area contributed by atoms with Crippen LogP contribution in [-0.2, 0) is 4.79 Å². The standard InChI is InChI=1S/C25H28FN2O3/c1-5-25(30)28-13-12-27(15-18(28)3)16-24(21-7-6-17(2)23(26)14-21)31-22-10-8-20(9-11-22)19(4)29/h5-11,14,24H,1,12-13,15-16H2,2-4H3/q+1/t24-/m0/s1. The second-order valence-corrected chi connectivity index (χ2v) is 7.86. The molecule has 162 valence electrons. The van der Waals surface area contributed by atoms with Gasteiger partial charge >= 0.3 is 5.91 Å².